The van der Waals surface area contributed by atoms with Crippen LogP contribution in [-0.2, 0) is 4.79 Å². The Hall–Kier alpha value is -3.64. The molecule has 2 fully saturated rings. The summed E-state index contributed by atoms with van der Waals surface area (Å²) in [4.78, 5) is 34.2. The number of aromatic nitrogens is 4. The highest BCUT2D eigenvalue weighted by Crippen LogP contribution is 2.43. The quantitative estimate of drug-likeness (QED) is 0.320. The van der Waals surface area contributed by atoms with Gasteiger partial charge in [0.1, 0.15) is 5.69 Å². The second kappa shape index (κ2) is 11.3. The fourth-order valence-corrected chi connectivity index (χ4v) is 5.34. The van der Waals surface area contributed by atoms with Crippen molar-refractivity contribution in [3.63, 3.8) is 0 Å². The lowest BCUT2D eigenvalue weighted by Gasteiger charge is -2.33. The number of aryl methyl sites for hydroxylation is 1. The number of hydrogen-bond acceptors (Lipinski definition) is 5. The van der Waals surface area contributed by atoms with Gasteiger partial charge >= 0.3 is 6.18 Å². The number of carbonyl (C=O) groups is 2. The van der Waals surface area contributed by atoms with E-state index >= 15 is 0 Å². The third-order valence-electron chi connectivity index (χ3n) is 7.75. The zero-order chi connectivity index (χ0) is 29.4. The lowest BCUT2D eigenvalue weighted by molar-refractivity contribution is -0.144. The monoisotopic (exact) mass is 578 g/mol. The molecule has 220 valence electrons. The highest BCUT2D eigenvalue weighted by atomic mass is 19.4. The van der Waals surface area contributed by atoms with E-state index in [1.165, 1.54) is 16.9 Å². The number of carbonyl (C=O) groups excluding carboxylic acids is 2. The average Bonchev–Trinajstić information content (AvgIpc) is 3.66. The fraction of sp³-hybridized carbons (Fsp3) is 0.536. The lowest BCUT2D eigenvalue weighted by atomic mass is 9.81. The second-order valence-corrected chi connectivity index (χ2v) is 11.1. The molecule has 0 unspecified atom stereocenters. The first-order chi connectivity index (χ1) is 19.4. The minimum absolute atomic E-state index is 0.0845. The largest absolute Gasteiger partial charge is 0.389 e. The molecular formula is C28H31F5N6O2. The molecule has 13 heteroatoms. The van der Waals surface area contributed by atoms with Gasteiger partial charge in [0.25, 0.3) is 5.91 Å². The molecule has 8 nitrogen and oxygen atoms in total. The van der Waals surface area contributed by atoms with Gasteiger partial charge < -0.3 is 10.6 Å². The smallest absolute Gasteiger partial charge is 0.349 e. The van der Waals surface area contributed by atoms with Crippen molar-refractivity contribution in [2.24, 2.45) is 11.8 Å². The number of alkyl halides is 5. The number of rotatable bonds is 9. The molecule has 41 heavy (non-hydrogen) atoms. The molecule has 0 spiro atoms. The standard InChI is InChI=1S/C28H31F5N6O2/c1-16-7-11-34-20(12-16)26(41)38-25(18-4-8-27(29,30)9-5-18)21-15-39-22(36-21)13-19(14-35-39)24(17-2-3-17)37-23(40)6-10-28(31,32)33/h7,11-15,17-18,24-25H,2-6,8-10H2,1H3,(H,37,40)(H,38,41)/t24-,25+/m1/s1. The molecule has 0 radical (unpaired) electrons. The Bertz CT molecular complexity index is 1410. The van der Waals surface area contributed by atoms with Crippen LogP contribution in [0.5, 0.6) is 0 Å². The van der Waals surface area contributed by atoms with Gasteiger partial charge in [0, 0.05) is 25.5 Å². The Morgan fingerprint density at radius 2 is 1.78 bits per heavy atom. The fourth-order valence-electron chi connectivity index (χ4n) is 5.34. The topological polar surface area (TPSA) is 101 Å². The summed E-state index contributed by atoms with van der Waals surface area (Å²) < 4.78 is 67.2. The van der Waals surface area contributed by atoms with E-state index in [1.54, 1.807) is 24.4 Å². The Labute approximate surface area is 233 Å². The number of nitrogens with zero attached hydrogens (tertiary/aromatic N) is 4. The Morgan fingerprint density at radius 1 is 1.07 bits per heavy atom. The number of amides is 2. The molecule has 0 aromatic carbocycles. The number of nitrogens with one attached hydrogen (secondary N) is 2. The number of pyridine rings is 1. The summed E-state index contributed by atoms with van der Waals surface area (Å²) in [5, 5.41) is 10.1. The molecule has 2 aliphatic rings. The zero-order valence-electron chi connectivity index (χ0n) is 22.4. The molecule has 2 atom stereocenters. The molecule has 3 aromatic rings. The molecule has 2 saturated carbocycles. The first-order valence-corrected chi connectivity index (χ1v) is 13.7. The van der Waals surface area contributed by atoms with E-state index in [4.69, 9.17) is 0 Å². The minimum atomic E-state index is -4.42. The normalized spacial score (nSPS) is 19.1. The molecule has 3 heterocycles. The van der Waals surface area contributed by atoms with Crippen LogP contribution in [0.2, 0.25) is 0 Å². The van der Waals surface area contributed by atoms with Gasteiger partial charge in [0.05, 0.1) is 36.6 Å². The van der Waals surface area contributed by atoms with Gasteiger partial charge in [-0.25, -0.2) is 18.3 Å². The van der Waals surface area contributed by atoms with Crippen molar-refractivity contribution in [3.8, 4) is 0 Å². The molecule has 0 aliphatic heterocycles. The predicted octanol–water partition coefficient (Wildman–Crippen LogP) is 5.64. The molecular weight excluding hydrogens is 547 g/mol. The second-order valence-electron chi connectivity index (χ2n) is 11.1. The Morgan fingerprint density at radius 3 is 2.44 bits per heavy atom. The number of hydrogen-bond donors (Lipinski definition) is 2. The summed E-state index contributed by atoms with van der Waals surface area (Å²) in [6.07, 6.45) is -0.138. The molecule has 2 amide bonds. The van der Waals surface area contributed by atoms with E-state index in [1.807, 2.05) is 6.92 Å². The van der Waals surface area contributed by atoms with E-state index in [0.717, 1.165) is 18.4 Å². The van der Waals surface area contributed by atoms with Crippen LogP contribution in [0.4, 0.5) is 22.0 Å². The summed E-state index contributed by atoms with van der Waals surface area (Å²) in [6, 6.07) is 3.93. The highest BCUT2D eigenvalue weighted by Gasteiger charge is 2.40. The summed E-state index contributed by atoms with van der Waals surface area (Å²) in [5.41, 5.74) is 2.51. The summed E-state index contributed by atoms with van der Waals surface area (Å²) in [6.45, 7) is 1.83. The van der Waals surface area contributed by atoms with Crippen molar-refractivity contribution in [2.45, 2.75) is 82.5 Å². The van der Waals surface area contributed by atoms with Gasteiger partial charge in [-0.15, -0.1) is 0 Å². The Balaban J connectivity index is 1.39. The molecule has 5 rings (SSSR count). The van der Waals surface area contributed by atoms with Gasteiger partial charge in [0.2, 0.25) is 11.8 Å². The molecule has 0 saturated heterocycles. The maximum atomic E-state index is 14.0. The van der Waals surface area contributed by atoms with E-state index in [0.29, 0.717) is 16.9 Å². The number of halogens is 5. The molecule has 3 aromatic heterocycles. The van der Waals surface area contributed by atoms with Crippen molar-refractivity contribution in [1.82, 2.24) is 30.2 Å². The van der Waals surface area contributed by atoms with Crippen LogP contribution in [0.25, 0.3) is 5.65 Å². The zero-order valence-corrected chi connectivity index (χ0v) is 22.4. The van der Waals surface area contributed by atoms with Crippen LogP contribution in [-0.4, -0.2) is 43.5 Å². The number of fused-ring (bicyclic) bond motifs is 1. The first kappa shape index (κ1) is 28.9. The van der Waals surface area contributed by atoms with Crippen LogP contribution in [0.15, 0.2) is 36.8 Å². The maximum absolute atomic E-state index is 14.0. The van der Waals surface area contributed by atoms with Crippen molar-refractivity contribution in [3.05, 3.63) is 59.3 Å². The lowest BCUT2D eigenvalue weighted by Crippen LogP contribution is -2.37. The summed E-state index contributed by atoms with van der Waals surface area (Å²) >= 11 is 0. The third kappa shape index (κ3) is 7.36. The van der Waals surface area contributed by atoms with Gasteiger partial charge in [0.15, 0.2) is 5.65 Å². The average molecular weight is 579 g/mol. The summed E-state index contributed by atoms with van der Waals surface area (Å²) in [5.74, 6) is -4.09. The highest BCUT2D eigenvalue weighted by molar-refractivity contribution is 5.92. The van der Waals surface area contributed by atoms with Crippen molar-refractivity contribution in [1.29, 1.82) is 0 Å². The minimum Gasteiger partial charge on any atom is -0.349 e. The van der Waals surface area contributed by atoms with Crippen LogP contribution in [0.3, 0.4) is 0 Å². The SMILES string of the molecule is Cc1ccnc(C(=O)N[C@H](c2cn3ncc([C@H](NC(=O)CCC(F)(F)F)C4CC4)cc3n2)C2CCC(F)(F)CC2)c1. The third-order valence-corrected chi connectivity index (χ3v) is 7.75. The van der Waals surface area contributed by atoms with E-state index < -0.39 is 48.8 Å². The summed E-state index contributed by atoms with van der Waals surface area (Å²) in [7, 11) is 0. The van der Waals surface area contributed by atoms with Gasteiger partial charge in [-0.1, -0.05) is 0 Å². The molecule has 0 bridgehead atoms. The van der Waals surface area contributed by atoms with Crippen LogP contribution in [0.1, 0.15) is 90.8 Å². The predicted molar refractivity (Wildman–Crippen MR) is 138 cm³/mol. The molecule has 2 aliphatic carbocycles. The Kier molecular flexibility index (Phi) is 7.97. The van der Waals surface area contributed by atoms with Crippen LogP contribution >= 0.6 is 0 Å². The van der Waals surface area contributed by atoms with E-state index in [2.05, 4.69) is 25.7 Å². The van der Waals surface area contributed by atoms with Gasteiger partial charge in [-0.05, 0) is 73.8 Å². The van der Waals surface area contributed by atoms with Crippen molar-refractivity contribution in [2.75, 3.05) is 0 Å². The van der Waals surface area contributed by atoms with Crippen LogP contribution in [0, 0.1) is 18.8 Å². The van der Waals surface area contributed by atoms with Crippen molar-refractivity contribution < 1.29 is 31.5 Å². The van der Waals surface area contributed by atoms with Gasteiger partial charge in [-0.3, -0.25) is 14.6 Å². The van der Waals surface area contributed by atoms with E-state index in [9.17, 15) is 31.5 Å². The maximum Gasteiger partial charge on any atom is 0.389 e. The van der Waals surface area contributed by atoms with Gasteiger partial charge in [-0.2, -0.15) is 18.3 Å². The van der Waals surface area contributed by atoms with Crippen molar-refractivity contribution >= 4 is 17.5 Å². The molecule has 2 N–H and O–H groups in total. The first-order valence-electron chi connectivity index (χ1n) is 13.7. The number of imidazole rings is 1. The van der Waals surface area contributed by atoms with E-state index in [-0.39, 0.29) is 43.2 Å². The van der Waals surface area contributed by atoms with Crippen LogP contribution < -0.4 is 10.6 Å².